The van der Waals surface area contributed by atoms with Crippen LogP contribution in [0.2, 0.25) is 0 Å². The van der Waals surface area contributed by atoms with Crippen molar-refractivity contribution < 1.29 is 4.74 Å². The van der Waals surface area contributed by atoms with Crippen molar-refractivity contribution in [3.05, 3.63) is 29.8 Å². The quantitative estimate of drug-likeness (QED) is 0.772. The number of hydrogen-bond donors (Lipinski definition) is 0. The standard InChI is InChI=1S/C14H21NO/c1-13-7-3-4-8-14(13)16-12-11-15-9-5-2-6-10-15/h3-4,7-8H,2,5-6,9-12H2,1H3. The molecule has 0 radical (unpaired) electrons. The zero-order valence-corrected chi connectivity index (χ0v) is 10.1. The maximum Gasteiger partial charge on any atom is 0.122 e. The predicted octanol–water partition coefficient (Wildman–Crippen LogP) is 2.86. The van der Waals surface area contributed by atoms with Gasteiger partial charge in [0.15, 0.2) is 0 Å². The molecule has 1 aliphatic rings. The van der Waals surface area contributed by atoms with E-state index >= 15 is 0 Å². The summed E-state index contributed by atoms with van der Waals surface area (Å²) in [4.78, 5) is 2.50. The monoisotopic (exact) mass is 219 g/mol. The van der Waals surface area contributed by atoms with Gasteiger partial charge >= 0.3 is 0 Å². The molecule has 88 valence electrons. The molecule has 1 heterocycles. The van der Waals surface area contributed by atoms with Crippen molar-refractivity contribution in [2.75, 3.05) is 26.2 Å². The van der Waals surface area contributed by atoms with E-state index in [0.717, 1.165) is 18.9 Å². The lowest BCUT2D eigenvalue weighted by Gasteiger charge is -2.26. The van der Waals surface area contributed by atoms with Gasteiger partial charge in [-0.05, 0) is 44.5 Å². The van der Waals surface area contributed by atoms with Gasteiger partial charge in [-0.25, -0.2) is 0 Å². The van der Waals surface area contributed by atoms with Crippen LogP contribution in [-0.4, -0.2) is 31.1 Å². The first-order chi connectivity index (χ1) is 7.86. The van der Waals surface area contributed by atoms with Crippen LogP contribution in [0.1, 0.15) is 24.8 Å². The predicted molar refractivity (Wildman–Crippen MR) is 67.0 cm³/mol. The number of para-hydroxylation sites is 1. The summed E-state index contributed by atoms with van der Waals surface area (Å²) in [5.74, 6) is 1.03. The molecule has 16 heavy (non-hydrogen) atoms. The van der Waals surface area contributed by atoms with Gasteiger partial charge in [0, 0.05) is 6.54 Å². The van der Waals surface area contributed by atoms with Crippen molar-refractivity contribution in [3.63, 3.8) is 0 Å². The average molecular weight is 219 g/mol. The normalized spacial score (nSPS) is 17.3. The Morgan fingerprint density at radius 2 is 1.88 bits per heavy atom. The molecule has 0 unspecified atom stereocenters. The number of ether oxygens (including phenoxy) is 1. The lowest BCUT2D eigenvalue weighted by atomic mass is 10.1. The molecule has 0 aliphatic carbocycles. The summed E-state index contributed by atoms with van der Waals surface area (Å²) in [5, 5.41) is 0. The number of likely N-dealkylation sites (tertiary alicyclic amines) is 1. The van der Waals surface area contributed by atoms with E-state index in [1.54, 1.807) is 0 Å². The van der Waals surface area contributed by atoms with E-state index in [1.165, 1.54) is 37.9 Å². The number of rotatable bonds is 4. The zero-order chi connectivity index (χ0) is 11.2. The van der Waals surface area contributed by atoms with Crippen LogP contribution in [-0.2, 0) is 0 Å². The molecule has 0 spiro atoms. The molecular weight excluding hydrogens is 198 g/mol. The Bertz CT molecular complexity index is 318. The molecule has 0 atom stereocenters. The van der Waals surface area contributed by atoms with Crippen LogP contribution < -0.4 is 4.74 Å². The van der Waals surface area contributed by atoms with Crippen LogP contribution in [0.4, 0.5) is 0 Å². The fourth-order valence-electron chi connectivity index (χ4n) is 2.19. The van der Waals surface area contributed by atoms with Crippen LogP contribution >= 0.6 is 0 Å². The Labute approximate surface area is 98.2 Å². The Morgan fingerprint density at radius 1 is 1.12 bits per heavy atom. The zero-order valence-electron chi connectivity index (χ0n) is 10.1. The molecule has 1 saturated heterocycles. The molecule has 0 bridgehead atoms. The average Bonchev–Trinajstić information content (AvgIpc) is 2.33. The summed E-state index contributed by atoms with van der Waals surface area (Å²) < 4.78 is 5.80. The van der Waals surface area contributed by atoms with Crippen molar-refractivity contribution in [3.8, 4) is 5.75 Å². The molecule has 1 aromatic rings. The highest BCUT2D eigenvalue weighted by Crippen LogP contribution is 2.16. The molecule has 2 nitrogen and oxygen atoms in total. The molecule has 1 aliphatic heterocycles. The Hall–Kier alpha value is -1.02. The summed E-state index contributed by atoms with van der Waals surface area (Å²) in [6.07, 6.45) is 4.10. The van der Waals surface area contributed by atoms with E-state index in [9.17, 15) is 0 Å². The molecule has 0 saturated carbocycles. The number of hydrogen-bond acceptors (Lipinski definition) is 2. The summed E-state index contributed by atoms with van der Waals surface area (Å²) in [6, 6.07) is 8.22. The largest absolute Gasteiger partial charge is 0.492 e. The van der Waals surface area contributed by atoms with E-state index < -0.39 is 0 Å². The number of aryl methyl sites for hydroxylation is 1. The van der Waals surface area contributed by atoms with Crippen molar-refractivity contribution in [2.24, 2.45) is 0 Å². The maximum atomic E-state index is 5.80. The number of nitrogens with zero attached hydrogens (tertiary/aromatic N) is 1. The molecule has 1 aromatic carbocycles. The highest BCUT2D eigenvalue weighted by Gasteiger charge is 2.09. The number of piperidine rings is 1. The highest BCUT2D eigenvalue weighted by molar-refractivity contribution is 5.31. The molecule has 2 heteroatoms. The van der Waals surface area contributed by atoms with Gasteiger partial charge in [0.1, 0.15) is 12.4 Å². The Morgan fingerprint density at radius 3 is 2.62 bits per heavy atom. The second-order valence-electron chi connectivity index (χ2n) is 4.52. The van der Waals surface area contributed by atoms with Gasteiger partial charge in [0.25, 0.3) is 0 Å². The van der Waals surface area contributed by atoms with Gasteiger partial charge in [-0.3, -0.25) is 4.90 Å². The van der Waals surface area contributed by atoms with Gasteiger partial charge in [0.05, 0.1) is 0 Å². The summed E-state index contributed by atoms with van der Waals surface area (Å²) in [7, 11) is 0. The third-order valence-electron chi connectivity index (χ3n) is 3.21. The number of benzene rings is 1. The van der Waals surface area contributed by atoms with Gasteiger partial charge in [0.2, 0.25) is 0 Å². The van der Waals surface area contributed by atoms with E-state index in [0.29, 0.717) is 0 Å². The summed E-state index contributed by atoms with van der Waals surface area (Å²) in [5.41, 5.74) is 1.22. The van der Waals surface area contributed by atoms with Crippen molar-refractivity contribution in [2.45, 2.75) is 26.2 Å². The molecule has 0 amide bonds. The van der Waals surface area contributed by atoms with E-state index in [4.69, 9.17) is 4.74 Å². The molecular formula is C14H21NO. The molecule has 1 fully saturated rings. The van der Waals surface area contributed by atoms with Gasteiger partial charge in [-0.1, -0.05) is 24.6 Å². The van der Waals surface area contributed by atoms with E-state index in [1.807, 2.05) is 18.2 Å². The third-order valence-corrected chi connectivity index (χ3v) is 3.21. The molecule has 0 aromatic heterocycles. The highest BCUT2D eigenvalue weighted by atomic mass is 16.5. The topological polar surface area (TPSA) is 12.5 Å². The van der Waals surface area contributed by atoms with Crippen LogP contribution in [0.5, 0.6) is 5.75 Å². The minimum absolute atomic E-state index is 0.810. The van der Waals surface area contributed by atoms with Crippen LogP contribution in [0.3, 0.4) is 0 Å². The molecule has 2 rings (SSSR count). The second kappa shape index (κ2) is 5.90. The fraction of sp³-hybridized carbons (Fsp3) is 0.571. The first kappa shape index (κ1) is 11.5. The van der Waals surface area contributed by atoms with Crippen molar-refractivity contribution >= 4 is 0 Å². The van der Waals surface area contributed by atoms with Gasteiger partial charge in [-0.2, -0.15) is 0 Å². The van der Waals surface area contributed by atoms with E-state index in [2.05, 4.69) is 17.9 Å². The van der Waals surface area contributed by atoms with Crippen molar-refractivity contribution in [1.29, 1.82) is 0 Å². The van der Waals surface area contributed by atoms with Crippen LogP contribution in [0.25, 0.3) is 0 Å². The Kier molecular flexibility index (Phi) is 4.23. The SMILES string of the molecule is Cc1ccccc1OCCN1CCCCC1. The summed E-state index contributed by atoms with van der Waals surface area (Å²) >= 11 is 0. The fourth-order valence-corrected chi connectivity index (χ4v) is 2.19. The minimum Gasteiger partial charge on any atom is -0.492 e. The lowest BCUT2D eigenvalue weighted by Crippen LogP contribution is -2.33. The van der Waals surface area contributed by atoms with Gasteiger partial charge < -0.3 is 4.74 Å². The smallest absolute Gasteiger partial charge is 0.122 e. The second-order valence-corrected chi connectivity index (χ2v) is 4.52. The lowest BCUT2D eigenvalue weighted by molar-refractivity contribution is 0.183. The molecule has 0 N–H and O–H groups in total. The van der Waals surface area contributed by atoms with Gasteiger partial charge in [-0.15, -0.1) is 0 Å². The first-order valence-corrected chi connectivity index (χ1v) is 6.27. The third kappa shape index (κ3) is 3.24. The summed E-state index contributed by atoms with van der Waals surface area (Å²) in [6.45, 7) is 6.46. The van der Waals surface area contributed by atoms with Crippen molar-refractivity contribution in [1.82, 2.24) is 4.90 Å². The maximum absolute atomic E-state index is 5.80. The van der Waals surface area contributed by atoms with E-state index in [-0.39, 0.29) is 0 Å². The minimum atomic E-state index is 0.810. The first-order valence-electron chi connectivity index (χ1n) is 6.27. The Balaban J connectivity index is 1.73. The van der Waals surface area contributed by atoms with Crippen LogP contribution in [0.15, 0.2) is 24.3 Å². The van der Waals surface area contributed by atoms with Crippen LogP contribution in [0, 0.1) is 6.92 Å².